The van der Waals surface area contributed by atoms with E-state index in [0.29, 0.717) is 23.7 Å². The van der Waals surface area contributed by atoms with E-state index < -0.39 is 0 Å². The van der Waals surface area contributed by atoms with Crippen LogP contribution in [0.2, 0.25) is 0 Å². The van der Waals surface area contributed by atoms with Crippen LogP contribution in [0.25, 0.3) is 0 Å². The van der Waals surface area contributed by atoms with Crippen LogP contribution < -0.4 is 9.47 Å². The van der Waals surface area contributed by atoms with Crippen LogP contribution in [0.5, 0.6) is 11.5 Å². The molecular formula is C17H22N4O3S. The van der Waals surface area contributed by atoms with Gasteiger partial charge in [0.15, 0.2) is 0 Å². The average Bonchev–Trinajstić information content (AvgIpc) is 3.08. The summed E-state index contributed by atoms with van der Waals surface area (Å²) in [4.78, 5) is 17.4. The zero-order valence-electron chi connectivity index (χ0n) is 14.7. The first-order chi connectivity index (χ1) is 12.1. The summed E-state index contributed by atoms with van der Waals surface area (Å²) >= 11 is 1.17. The number of carbonyl (C=O) groups excluding carboxylic acids is 1. The number of nitrogens with zero attached hydrogens (tertiary/aromatic N) is 4. The number of hydrogen-bond donors (Lipinski definition) is 0. The predicted molar refractivity (Wildman–Crippen MR) is 95.4 cm³/mol. The van der Waals surface area contributed by atoms with Crippen LogP contribution in [0.15, 0.2) is 18.2 Å². The second-order valence-corrected chi connectivity index (χ2v) is 6.69. The Labute approximate surface area is 151 Å². The molecule has 2 aromatic rings. The van der Waals surface area contributed by atoms with Crippen molar-refractivity contribution in [2.75, 3.05) is 40.4 Å². The highest BCUT2D eigenvalue weighted by Gasteiger charge is 2.25. The number of benzene rings is 1. The molecule has 1 aromatic heterocycles. The Morgan fingerprint density at radius 3 is 2.56 bits per heavy atom. The van der Waals surface area contributed by atoms with Gasteiger partial charge in [0.2, 0.25) is 0 Å². The van der Waals surface area contributed by atoms with Crippen LogP contribution in [0, 0.1) is 6.92 Å². The van der Waals surface area contributed by atoms with Gasteiger partial charge in [-0.2, -0.15) is 0 Å². The number of piperazine rings is 1. The molecule has 8 heteroatoms. The summed E-state index contributed by atoms with van der Waals surface area (Å²) < 4.78 is 14.6. The number of aryl methyl sites for hydroxylation is 1. The van der Waals surface area contributed by atoms with Crippen LogP contribution in [0.3, 0.4) is 0 Å². The molecule has 1 saturated heterocycles. The van der Waals surface area contributed by atoms with E-state index >= 15 is 0 Å². The highest BCUT2D eigenvalue weighted by molar-refractivity contribution is 7.07. The molecule has 0 unspecified atom stereocenters. The van der Waals surface area contributed by atoms with Crippen molar-refractivity contribution in [3.8, 4) is 11.5 Å². The Kier molecular flexibility index (Phi) is 5.50. The Balaban J connectivity index is 1.60. The van der Waals surface area contributed by atoms with E-state index in [1.807, 2.05) is 30.0 Å². The summed E-state index contributed by atoms with van der Waals surface area (Å²) in [6, 6.07) is 5.87. The largest absolute Gasteiger partial charge is 0.497 e. The second kappa shape index (κ2) is 7.79. The number of methoxy groups -OCH3 is 2. The van der Waals surface area contributed by atoms with E-state index in [-0.39, 0.29) is 5.91 Å². The zero-order valence-corrected chi connectivity index (χ0v) is 15.5. The number of hydrogen-bond acceptors (Lipinski definition) is 7. The molecule has 0 N–H and O–H groups in total. The third kappa shape index (κ3) is 3.91. The fourth-order valence-corrected chi connectivity index (χ4v) is 3.53. The maximum atomic E-state index is 12.5. The maximum absolute atomic E-state index is 12.5. The van der Waals surface area contributed by atoms with E-state index in [4.69, 9.17) is 9.47 Å². The summed E-state index contributed by atoms with van der Waals surface area (Å²) in [5, 5.41) is 3.92. The molecule has 25 heavy (non-hydrogen) atoms. The summed E-state index contributed by atoms with van der Waals surface area (Å²) in [6.45, 7) is 5.67. The molecule has 1 aromatic carbocycles. The molecule has 1 fully saturated rings. The van der Waals surface area contributed by atoms with E-state index in [0.717, 1.165) is 36.7 Å². The van der Waals surface area contributed by atoms with Crippen molar-refractivity contribution in [3.05, 3.63) is 34.3 Å². The van der Waals surface area contributed by atoms with Gasteiger partial charge in [-0.3, -0.25) is 9.69 Å². The molecule has 1 aliphatic heterocycles. The number of ether oxygens (including phenoxy) is 2. The zero-order chi connectivity index (χ0) is 17.8. The molecule has 0 radical (unpaired) electrons. The van der Waals surface area contributed by atoms with Gasteiger partial charge in [-0.1, -0.05) is 10.6 Å². The van der Waals surface area contributed by atoms with Gasteiger partial charge in [0.05, 0.1) is 19.9 Å². The molecule has 0 bridgehead atoms. The van der Waals surface area contributed by atoms with Crippen LogP contribution in [-0.4, -0.2) is 65.7 Å². The van der Waals surface area contributed by atoms with E-state index in [1.165, 1.54) is 11.5 Å². The Bertz CT molecular complexity index is 741. The Morgan fingerprint density at radius 1 is 1.20 bits per heavy atom. The highest BCUT2D eigenvalue weighted by atomic mass is 32.1. The van der Waals surface area contributed by atoms with Crippen molar-refractivity contribution in [2.45, 2.75) is 13.5 Å². The van der Waals surface area contributed by atoms with Gasteiger partial charge in [0.1, 0.15) is 16.4 Å². The van der Waals surface area contributed by atoms with Gasteiger partial charge < -0.3 is 14.4 Å². The minimum absolute atomic E-state index is 0.0363. The normalized spacial score (nSPS) is 15.2. The molecule has 3 rings (SSSR count). The molecular weight excluding hydrogens is 340 g/mol. The number of rotatable bonds is 5. The molecule has 1 aliphatic rings. The third-order valence-corrected chi connectivity index (χ3v) is 5.21. The van der Waals surface area contributed by atoms with Crippen LogP contribution in [0.1, 0.15) is 20.9 Å². The molecule has 2 heterocycles. The third-order valence-electron chi connectivity index (χ3n) is 4.39. The summed E-state index contributed by atoms with van der Waals surface area (Å²) in [7, 11) is 3.31. The Hall–Kier alpha value is -2.19. The predicted octanol–water partition coefficient (Wildman–Crippen LogP) is 1.82. The summed E-state index contributed by atoms with van der Waals surface area (Å²) in [6.07, 6.45) is 0. The fourth-order valence-electron chi connectivity index (χ4n) is 2.90. The van der Waals surface area contributed by atoms with Gasteiger partial charge in [-0.25, -0.2) is 0 Å². The highest BCUT2D eigenvalue weighted by Crippen LogP contribution is 2.26. The van der Waals surface area contributed by atoms with Crippen molar-refractivity contribution >= 4 is 17.4 Å². The first-order valence-corrected chi connectivity index (χ1v) is 8.91. The molecule has 0 atom stereocenters. The molecule has 0 saturated carbocycles. The van der Waals surface area contributed by atoms with E-state index in [2.05, 4.69) is 14.5 Å². The van der Waals surface area contributed by atoms with E-state index in [9.17, 15) is 4.79 Å². The lowest BCUT2D eigenvalue weighted by atomic mass is 10.1. The molecule has 134 valence electrons. The van der Waals surface area contributed by atoms with Crippen molar-refractivity contribution < 1.29 is 14.3 Å². The van der Waals surface area contributed by atoms with Gasteiger partial charge in [-0.15, -0.1) is 5.10 Å². The van der Waals surface area contributed by atoms with Gasteiger partial charge >= 0.3 is 0 Å². The molecule has 0 aliphatic carbocycles. The maximum Gasteiger partial charge on any atom is 0.267 e. The number of aromatic nitrogens is 2. The lowest BCUT2D eigenvalue weighted by molar-refractivity contribution is 0.0631. The molecule has 1 amide bonds. The Morgan fingerprint density at radius 2 is 1.96 bits per heavy atom. The number of amides is 1. The fraction of sp³-hybridized carbons (Fsp3) is 0.471. The molecule has 7 nitrogen and oxygen atoms in total. The average molecular weight is 362 g/mol. The minimum atomic E-state index is 0.0363. The first-order valence-electron chi connectivity index (χ1n) is 8.14. The summed E-state index contributed by atoms with van der Waals surface area (Å²) in [5.74, 6) is 1.64. The van der Waals surface area contributed by atoms with Crippen molar-refractivity contribution in [3.63, 3.8) is 0 Å². The van der Waals surface area contributed by atoms with Crippen LogP contribution >= 0.6 is 11.5 Å². The smallest absolute Gasteiger partial charge is 0.267 e. The quantitative estimate of drug-likeness (QED) is 0.808. The SMILES string of the molecule is COc1ccc(CN2CCN(C(=O)c3snnc3C)CC2)c(OC)c1. The van der Waals surface area contributed by atoms with Crippen molar-refractivity contribution in [2.24, 2.45) is 0 Å². The van der Waals surface area contributed by atoms with Crippen molar-refractivity contribution in [1.29, 1.82) is 0 Å². The van der Waals surface area contributed by atoms with E-state index in [1.54, 1.807) is 14.2 Å². The van der Waals surface area contributed by atoms with Crippen LogP contribution in [-0.2, 0) is 6.54 Å². The summed E-state index contributed by atoms with van der Waals surface area (Å²) in [5.41, 5.74) is 1.82. The lowest BCUT2D eigenvalue weighted by Crippen LogP contribution is -2.48. The monoisotopic (exact) mass is 362 g/mol. The van der Waals surface area contributed by atoms with Crippen LogP contribution in [0.4, 0.5) is 0 Å². The van der Waals surface area contributed by atoms with Gasteiger partial charge in [0, 0.05) is 44.4 Å². The van der Waals surface area contributed by atoms with Gasteiger partial charge in [0.25, 0.3) is 5.91 Å². The van der Waals surface area contributed by atoms with Crippen molar-refractivity contribution in [1.82, 2.24) is 19.4 Å². The number of carbonyl (C=O) groups is 1. The lowest BCUT2D eigenvalue weighted by Gasteiger charge is -2.34. The molecule has 0 spiro atoms. The standard InChI is InChI=1S/C17H22N4O3S/c1-12-16(25-19-18-12)17(22)21-8-6-20(7-9-21)11-13-4-5-14(23-2)10-15(13)24-3/h4-5,10H,6-9,11H2,1-3H3. The topological polar surface area (TPSA) is 67.8 Å². The second-order valence-electron chi connectivity index (χ2n) is 5.93. The minimum Gasteiger partial charge on any atom is -0.497 e. The van der Waals surface area contributed by atoms with Gasteiger partial charge in [-0.05, 0) is 24.5 Å². The first kappa shape index (κ1) is 17.6.